The van der Waals surface area contributed by atoms with E-state index in [4.69, 9.17) is 4.74 Å². The predicted octanol–water partition coefficient (Wildman–Crippen LogP) is -2.16. The van der Waals surface area contributed by atoms with Crippen LogP contribution in [0.5, 0.6) is 0 Å². The standard InChI is InChI=1S/C14H19O9/c1-5(15)9(19)14(8(4)18)11(21)10(20)13(22,7(3)17)12(23-14)6(2)16/h9,11-12,19-22H,1-4H3/t9?,11-,12+,13-,14-/m1/s1. The number of ketones is 4. The molecule has 1 radical (unpaired) electrons. The highest BCUT2D eigenvalue weighted by Gasteiger charge is 2.69. The normalized spacial score (nSPS) is 36.3. The number of aliphatic hydroxyl groups is 4. The molecular formula is C14H19O9. The molecule has 0 spiro atoms. The number of carbonyl (C=O) groups excluding carboxylic acids is 4. The number of aliphatic hydroxyl groups excluding tert-OH is 3. The lowest BCUT2D eigenvalue weighted by atomic mass is 9.70. The molecule has 1 fully saturated rings. The van der Waals surface area contributed by atoms with Crippen LogP contribution in [0.4, 0.5) is 0 Å². The second-order valence-electron chi connectivity index (χ2n) is 5.58. The van der Waals surface area contributed by atoms with E-state index in [0.717, 1.165) is 27.7 Å². The fourth-order valence-electron chi connectivity index (χ4n) is 2.62. The Bertz CT molecular complexity index is 556. The van der Waals surface area contributed by atoms with Gasteiger partial charge in [-0.1, -0.05) is 0 Å². The molecule has 0 amide bonds. The van der Waals surface area contributed by atoms with Crippen LogP contribution in [-0.4, -0.2) is 73.1 Å². The van der Waals surface area contributed by atoms with Crippen molar-refractivity contribution >= 4 is 23.1 Å². The first kappa shape index (κ1) is 19.5. The Hall–Kier alpha value is -1.52. The van der Waals surface area contributed by atoms with Crippen LogP contribution in [0.2, 0.25) is 0 Å². The SMILES string of the molecule is CC(=O)C(O)[C@@]1(C(C)=O)O[C@@H](C(C)=O)[C@@](O)(C(C)=O)[C](O)[C@H]1O. The van der Waals surface area contributed by atoms with Gasteiger partial charge >= 0.3 is 0 Å². The molecule has 1 rings (SSSR count). The summed E-state index contributed by atoms with van der Waals surface area (Å²) in [6.45, 7) is 3.51. The summed E-state index contributed by atoms with van der Waals surface area (Å²) in [6, 6.07) is 0. The Balaban J connectivity index is 3.62. The average molecular weight is 331 g/mol. The summed E-state index contributed by atoms with van der Waals surface area (Å²) in [5.74, 6) is -4.13. The van der Waals surface area contributed by atoms with Gasteiger partial charge in [0.15, 0.2) is 52.6 Å². The van der Waals surface area contributed by atoms with E-state index >= 15 is 0 Å². The highest BCUT2D eigenvalue weighted by atomic mass is 16.6. The van der Waals surface area contributed by atoms with Crippen LogP contribution in [0.1, 0.15) is 27.7 Å². The third-order valence-corrected chi connectivity index (χ3v) is 4.00. The molecule has 129 valence electrons. The van der Waals surface area contributed by atoms with Crippen molar-refractivity contribution in [2.45, 2.75) is 57.2 Å². The minimum atomic E-state index is -2.90. The molecule has 1 aliphatic rings. The molecule has 9 nitrogen and oxygen atoms in total. The molecule has 0 aliphatic carbocycles. The molecule has 0 bridgehead atoms. The molecule has 4 N–H and O–H groups in total. The van der Waals surface area contributed by atoms with Gasteiger partial charge in [0.1, 0.15) is 6.10 Å². The van der Waals surface area contributed by atoms with Gasteiger partial charge in [-0.25, -0.2) is 0 Å². The first-order valence-corrected chi connectivity index (χ1v) is 6.70. The molecule has 0 aromatic rings. The first-order chi connectivity index (χ1) is 10.3. The lowest BCUT2D eigenvalue weighted by molar-refractivity contribution is -0.267. The van der Waals surface area contributed by atoms with Crippen molar-refractivity contribution in [2.75, 3.05) is 0 Å². The van der Waals surface area contributed by atoms with Gasteiger partial charge in [-0.2, -0.15) is 0 Å². The van der Waals surface area contributed by atoms with Gasteiger partial charge in [0, 0.05) is 0 Å². The summed E-state index contributed by atoms with van der Waals surface area (Å²) < 4.78 is 5.11. The van der Waals surface area contributed by atoms with E-state index in [9.17, 15) is 39.6 Å². The topological polar surface area (TPSA) is 158 Å². The maximum Gasteiger partial charge on any atom is 0.190 e. The molecule has 1 saturated heterocycles. The van der Waals surface area contributed by atoms with Crippen molar-refractivity contribution in [3.63, 3.8) is 0 Å². The zero-order valence-electron chi connectivity index (χ0n) is 13.1. The van der Waals surface area contributed by atoms with E-state index in [0.29, 0.717) is 0 Å². The van der Waals surface area contributed by atoms with Crippen LogP contribution in [0.3, 0.4) is 0 Å². The number of hydrogen-bond acceptors (Lipinski definition) is 9. The largest absolute Gasteiger partial charge is 0.386 e. The molecule has 0 aromatic carbocycles. The zero-order valence-corrected chi connectivity index (χ0v) is 13.1. The molecule has 23 heavy (non-hydrogen) atoms. The van der Waals surface area contributed by atoms with Crippen LogP contribution in [0, 0.1) is 6.10 Å². The molecular weight excluding hydrogens is 312 g/mol. The molecule has 1 unspecified atom stereocenters. The van der Waals surface area contributed by atoms with Crippen LogP contribution in [0.25, 0.3) is 0 Å². The van der Waals surface area contributed by atoms with Gasteiger partial charge in [-0.15, -0.1) is 0 Å². The molecule has 0 aromatic heterocycles. The molecule has 1 heterocycles. The summed E-state index contributed by atoms with van der Waals surface area (Å²) >= 11 is 0. The van der Waals surface area contributed by atoms with Gasteiger partial charge in [0.05, 0.1) is 0 Å². The second-order valence-corrected chi connectivity index (χ2v) is 5.58. The zero-order chi connectivity index (χ0) is 18.3. The Labute approximate surface area is 131 Å². The van der Waals surface area contributed by atoms with Gasteiger partial charge < -0.3 is 25.2 Å². The van der Waals surface area contributed by atoms with E-state index < -0.39 is 58.8 Å². The van der Waals surface area contributed by atoms with Crippen LogP contribution >= 0.6 is 0 Å². The maximum absolute atomic E-state index is 12.0. The Kier molecular flexibility index (Phi) is 5.24. The van der Waals surface area contributed by atoms with Crippen molar-refractivity contribution < 1.29 is 44.3 Å². The summed E-state index contributed by atoms with van der Waals surface area (Å²) in [5, 5.41) is 40.6. The lowest BCUT2D eigenvalue weighted by Crippen LogP contribution is -2.76. The monoisotopic (exact) mass is 331 g/mol. The van der Waals surface area contributed by atoms with Crippen molar-refractivity contribution in [1.82, 2.24) is 0 Å². The van der Waals surface area contributed by atoms with E-state index in [2.05, 4.69) is 0 Å². The first-order valence-electron chi connectivity index (χ1n) is 6.70. The van der Waals surface area contributed by atoms with Crippen molar-refractivity contribution in [2.24, 2.45) is 0 Å². The number of carbonyl (C=O) groups is 4. The Morgan fingerprint density at radius 1 is 1.09 bits per heavy atom. The molecule has 5 atom stereocenters. The number of rotatable bonds is 5. The summed E-state index contributed by atoms with van der Waals surface area (Å²) in [4.78, 5) is 46.9. The van der Waals surface area contributed by atoms with Gasteiger partial charge in [-0.3, -0.25) is 19.2 Å². The minimum absolute atomic E-state index is 0.838. The highest BCUT2D eigenvalue weighted by molar-refractivity contribution is 6.00. The van der Waals surface area contributed by atoms with Crippen LogP contribution < -0.4 is 0 Å². The minimum Gasteiger partial charge on any atom is -0.386 e. The quantitative estimate of drug-likeness (QED) is 0.440. The van der Waals surface area contributed by atoms with E-state index in [1.165, 1.54) is 0 Å². The fourth-order valence-corrected chi connectivity index (χ4v) is 2.62. The lowest BCUT2D eigenvalue weighted by Gasteiger charge is -2.51. The summed E-state index contributed by atoms with van der Waals surface area (Å²) in [5.41, 5.74) is -5.62. The second kappa shape index (κ2) is 6.17. The van der Waals surface area contributed by atoms with Crippen LogP contribution in [0.15, 0.2) is 0 Å². The smallest absolute Gasteiger partial charge is 0.190 e. The Morgan fingerprint density at radius 2 is 1.57 bits per heavy atom. The summed E-state index contributed by atoms with van der Waals surface area (Å²) in [7, 11) is 0. The predicted molar refractivity (Wildman–Crippen MR) is 72.5 cm³/mol. The molecule has 1 aliphatic heterocycles. The maximum atomic E-state index is 12.0. The Morgan fingerprint density at radius 3 is 1.87 bits per heavy atom. The van der Waals surface area contributed by atoms with Crippen molar-refractivity contribution in [3.8, 4) is 0 Å². The highest BCUT2D eigenvalue weighted by Crippen LogP contribution is 2.43. The van der Waals surface area contributed by atoms with Crippen molar-refractivity contribution in [1.29, 1.82) is 0 Å². The molecule has 9 heteroatoms. The third-order valence-electron chi connectivity index (χ3n) is 4.00. The van der Waals surface area contributed by atoms with Crippen LogP contribution in [-0.2, 0) is 23.9 Å². The van der Waals surface area contributed by atoms with Gasteiger partial charge in [-0.05, 0) is 27.7 Å². The average Bonchev–Trinajstić information content (AvgIpc) is 2.43. The fraction of sp³-hybridized carbons (Fsp3) is 0.643. The van der Waals surface area contributed by atoms with Crippen molar-refractivity contribution in [3.05, 3.63) is 6.10 Å². The van der Waals surface area contributed by atoms with E-state index in [-0.39, 0.29) is 0 Å². The summed E-state index contributed by atoms with van der Waals surface area (Å²) in [6.07, 6.45) is -8.05. The van der Waals surface area contributed by atoms with E-state index in [1.54, 1.807) is 0 Å². The van der Waals surface area contributed by atoms with Gasteiger partial charge in [0.25, 0.3) is 0 Å². The van der Waals surface area contributed by atoms with E-state index in [1.807, 2.05) is 0 Å². The van der Waals surface area contributed by atoms with Gasteiger partial charge in [0.2, 0.25) is 0 Å². The third kappa shape index (κ3) is 2.64. The number of Topliss-reactive ketones (excluding diaryl/α,β-unsaturated/α-hetero) is 4. The number of ether oxygens (including phenoxy) is 1. The number of hydrogen-bond donors (Lipinski definition) is 4. The molecule has 0 saturated carbocycles.